The summed E-state index contributed by atoms with van der Waals surface area (Å²) in [6.07, 6.45) is 30.8. The normalized spacial score (nSPS) is 12.9. The number of hydrogen-bond acceptors (Lipinski definition) is 7. The number of carbonyl (C=O) groups excluding carboxylic acids is 4. The Labute approximate surface area is 473 Å². The van der Waals surface area contributed by atoms with E-state index >= 15 is 0 Å². The Hall–Kier alpha value is -4.19. The molecule has 1 heterocycles. The number of hydrogen-bond donors (Lipinski definition) is 3. The molecule has 0 aliphatic carbocycles. The third kappa shape index (κ3) is 23.4. The lowest BCUT2D eigenvalue weighted by Gasteiger charge is -2.39. The van der Waals surface area contributed by atoms with Crippen molar-refractivity contribution in [2.75, 3.05) is 46.3 Å². The van der Waals surface area contributed by atoms with Crippen LogP contribution >= 0.6 is 34.8 Å². The summed E-state index contributed by atoms with van der Waals surface area (Å²) in [6.45, 7) is 12.5. The van der Waals surface area contributed by atoms with E-state index in [1.54, 1.807) is 6.07 Å². The fourth-order valence-electron chi connectivity index (χ4n) is 10.3. The molecule has 76 heavy (non-hydrogen) atoms. The van der Waals surface area contributed by atoms with E-state index in [1.807, 2.05) is 54.6 Å². The second-order valence-electron chi connectivity index (χ2n) is 21.0. The van der Waals surface area contributed by atoms with Crippen LogP contribution in [-0.4, -0.2) is 59.9 Å². The average Bonchev–Trinajstić information content (AvgIpc) is 3.46. The lowest BCUT2D eigenvalue weighted by Crippen LogP contribution is -2.50. The zero-order valence-corrected chi connectivity index (χ0v) is 49.4. The minimum absolute atomic E-state index is 0.00356. The first-order valence-corrected chi connectivity index (χ1v) is 30.7. The summed E-state index contributed by atoms with van der Waals surface area (Å²) in [6, 6.07) is 20.9. The van der Waals surface area contributed by atoms with Gasteiger partial charge in [0.15, 0.2) is 0 Å². The molecule has 4 amide bonds. The molecular weight excluding hydrogens is 1020 g/mol. The molecule has 0 bridgehead atoms. The number of rotatable bonds is 39. The average molecular weight is 1110 g/mol. The van der Waals surface area contributed by atoms with Crippen molar-refractivity contribution in [2.24, 2.45) is 5.92 Å². The van der Waals surface area contributed by atoms with Gasteiger partial charge >= 0.3 is 6.09 Å². The molecule has 2 atom stereocenters. The largest absolute Gasteiger partial charge is 0.444 e. The molecule has 3 aromatic rings. The first-order chi connectivity index (χ1) is 36.8. The lowest BCUT2D eigenvalue weighted by molar-refractivity contribution is -0.130. The van der Waals surface area contributed by atoms with E-state index in [0.29, 0.717) is 42.1 Å². The number of nitrogens with one attached hydrogen (secondary N) is 3. The van der Waals surface area contributed by atoms with Gasteiger partial charge in [-0.05, 0) is 94.0 Å². The van der Waals surface area contributed by atoms with Crippen LogP contribution in [0.3, 0.4) is 0 Å². The summed E-state index contributed by atoms with van der Waals surface area (Å²) in [4.78, 5) is 59.3. The van der Waals surface area contributed by atoms with Crippen LogP contribution in [0.25, 0.3) is 0 Å². The van der Waals surface area contributed by atoms with Crippen molar-refractivity contribution in [3.8, 4) is 0 Å². The number of carbonyl (C=O) groups is 4. The summed E-state index contributed by atoms with van der Waals surface area (Å²) >= 11 is 18.0. The van der Waals surface area contributed by atoms with Crippen molar-refractivity contribution in [1.82, 2.24) is 10.6 Å². The number of halogens is 3. The Morgan fingerprint density at radius 1 is 0.579 bits per heavy atom. The van der Waals surface area contributed by atoms with Gasteiger partial charge in [0.1, 0.15) is 12.6 Å². The van der Waals surface area contributed by atoms with Gasteiger partial charge in [-0.3, -0.25) is 14.4 Å². The second-order valence-corrected chi connectivity index (χ2v) is 23.5. The zero-order chi connectivity index (χ0) is 55.0. The number of anilines is 7. The highest BCUT2D eigenvalue weighted by Gasteiger charge is 2.36. The van der Waals surface area contributed by atoms with Crippen LogP contribution in [0.4, 0.5) is 44.6 Å². The summed E-state index contributed by atoms with van der Waals surface area (Å²) < 4.78 is 3.77. The minimum Gasteiger partial charge on any atom is -0.444 e. The highest BCUT2D eigenvalue weighted by Crippen LogP contribution is 2.53. The molecule has 424 valence electrons. The molecule has 0 aromatic heterocycles. The molecule has 0 saturated heterocycles. The molecule has 14 heteroatoms. The van der Waals surface area contributed by atoms with Gasteiger partial charge in [-0.15, -0.1) is 0 Å². The first-order valence-electron chi connectivity index (χ1n) is 29.6. The highest BCUT2D eigenvalue weighted by atomic mass is 35.6. The number of para-hydroxylation sites is 1. The van der Waals surface area contributed by atoms with Gasteiger partial charge in [-0.25, -0.2) is 9.69 Å². The number of unbranched alkanes of at least 4 members (excludes halogenated alkanes) is 22. The second kappa shape index (κ2) is 36.8. The van der Waals surface area contributed by atoms with E-state index in [9.17, 15) is 19.2 Å². The number of nitrogens with zero attached hydrogens (tertiary/aromatic N) is 3. The van der Waals surface area contributed by atoms with Gasteiger partial charge < -0.3 is 30.5 Å². The number of ether oxygens (including phenoxy) is 1. The predicted molar refractivity (Wildman–Crippen MR) is 322 cm³/mol. The van der Waals surface area contributed by atoms with Gasteiger partial charge in [-0.1, -0.05) is 215 Å². The number of alkyl halides is 3. The highest BCUT2D eigenvalue weighted by molar-refractivity contribution is 6.67. The third-order valence-corrected chi connectivity index (χ3v) is 15.0. The number of amides is 4. The molecule has 0 spiro atoms. The molecule has 4 rings (SSSR count). The number of benzene rings is 3. The van der Waals surface area contributed by atoms with Crippen LogP contribution in [0.1, 0.15) is 214 Å². The van der Waals surface area contributed by atoms with Crippen molar-refractivity contribution < 1.29 is 23.9 Å². The molecule has 1 unspecified atom stereocenters. The quantitative estimate of drug-likeness (QED) is 0.0384. The lowest BCUT2D eigenvalue weighted by atomic mass is 9.95. The van der Waals surface area contributed by atoms with Crippen molar-refractivity contribution in [3.05, 3.63) is 66.7 Å². The van der Waals surface area contributed by atoms with Crippen molar-refractivity contribution >= 4 is 98.4 Å². The van der Waals surface area contributed by atoms with Crippen LogP contribution in [0, 0.1) is 5.92 Å². The summed E-state index contributed by atoms with van der Waals surface area (Å²) in [7, 11) is 0. The molecular formula is C62H95Cl3N6O5. The monoisotopic (exact) mass is 1110 g/mol. The van der Waals surface area contributed by atoms with E-state index in [0.717, 1.165) is 114 Å². The van der Waals surface area contributed by atoms with Gasteiger partial charge in [0.05, 0.1) is 22.7 Å². The SMILES string of the molecule is CCCCCCCCCCCCCCCCCC(=O)N[C@H](C(=O)NCCCCCCCCCCCC(=O)Nc1ccc2c(c1)N(c1ccccc1)c1cc(N(CC)CC)ccc1N2C(=O)OCC(Cl)(Cl)Cl)C(C)CCC. The molecule has 3 N–H and O–H groups in total. The summed E-state index contributed by atoms with van der Waals surface area (Å²) in [5.74, 6) is -0.0385. The van der Waals surface area contributed by atoms with E-state index in [1.165, 1.54) is 88.4 Å². The Morgan fingerprint density at radius 3 is 1.61 bits per heavy atom. The van der Waals surface area contributed by atoms with Gasteiger partial charge in [-0.2, -0.15) is 0 Å². The fourth-order valence-corrected chi connectivity index (χ4v) is 10.5. The zero-order valence-electron chi connectivity index (χ0n) is 47.1. The van der Waals surface area contributed by atoms with E-state index in [-0.39, 0.29) is 23.6 Å². The van der Waals surface area contributed by atoms with E-state index in [4.69, 9.17) is 39.5 Å². The van der Waals surface area contributed by atoms with Crippen molar-refractivity contribution in [2.45, 2.75) is 224 Å². The molecule has 1 aliphatic heterocycles. The molecule has 1 aliphatic rings. The van der Waals surface area contributed by atoms with Crippen LogP contribution in [-0.2, 0) is 19.1 Å². The smallest absolute Gasteiger partial charge is 0.419 e. The Balaban J connectivity index is 1.14. The molecule has 11 nitrogen and oxygen atoms in total. The van der Waals surface area contributed by atoms with Crippen LogP contribution < -0.4 is 30.7 Å². The summed E-state index contributed by atoms with van der Waals surface area (Å²) in [5, 5.41) is 9.33. The van der Waals surface area contributed by atoms with E-state index in [2.05, 4.69) is 66.4 Å². The third-order valence-electron chi connectivity index (χ3n) is 14.7. The van der Waals surface area contributed by atoms with Crippen LogP contribution in [0.2, 0.25) is 0 Å². The Kier molecular flexibility index (Phi) is 31.2. The molecule has 3 aromatic carbocycles. The molecule has 0 radical (unpaired) electrons. The Morgan fingerprint density at radius 2 is 1.08 bits per heavy atom. The van der Waals surface area contributed by atoms with Crippen molar-refractivity contribution in [3.63, 3.8) is 0 Å². The summed E-state index contributed by atoms with van der Waals surface area (Å²) in [5.41, 5.74) is 5.07. The van der Waals surface area contributed by atoms with Gasteiger partial charge in [0.25, 0.3) is 0 Å². The first kappa shape index (κ1) is 64.3. The van der Waals surface area contributed by atoms with E-state index < -0.39 is 22.5 Å². The fraction of sp³-hybridized carbons (Fsp3) is 0.645. The topological polar surface area (TPSA) is 123 Å². The Bertz CT molecular complexity index is 2140. The predicted octanol–water partition coefficient (Wildman–Crippen LogP) is 18.1. The van der Waals surface area contributed by atoms with Gasteiger partial charge in [0.2, 0.25) is 21.5 Å². The van der Waals surface area contributed by atoms with Crippen LogP contribution in [0.15, 0.2) is 66.7 Å². The maximum Gasteiger partial charge on any atom is 0.419 e. The maximum atomic E-state index is 13.9. The molecule has 0 fully saturated rings. The van der Waals surface area contributed by atoms with Crippen LogP contribution in [0.5, 0.6) is 0 Å². The standard InChI is InChI=1S/C62H95Cl3N6O5/c1-6-10-11-12-13-14-15-16-17-18-19-21-25-28-34-40-58(73)68-59(49(5)36-7-2)60(74)66-45-35-29-26-23-20-22-24-27-33-39-57(72)67-50-41-43-53-55(46-50)70(51-37-31-30-32-38-51)56-47-52(69(8-3)9-4)42-44-54(56)71(53)61(75)76-48-62(63,64)65/h30-32,37-38,41-44,46-47,49,59H,6-29,33-36,39-40,45,48H2,1-5H3,(H,66,74)(H,67,72)(H,68,73)/t49?,59-/m0/s1. The van der Waals surface area contributed by atoms with Gasteiger partial charge in [0, 0.05) is 49.5 Å². The molecule has 0 saturated carbocycles. The maximum absolute atomic E-state index is 13.9. The minimum atomic E-state index is -1.79. The van der Waals surface area contributed by atoms with Crippen molar-refractivity contribution in [1.29, 1.82) is 0 Å². The number of fused-ring (bicyclic) bond motifs is 2.